The molecule has 1 fully saturated rings. The molecule has 0 amide bonds. The highest BCUT2D eigenvalue weighted by Crippen LogP contribution is 2.33. The number of carbonyl (C=O) groups is 3. The maximum Gasteiger partial charge on any atom is 0.311 e. The second-order valence-corrected chi connectivity index (χ2v) is 11.2. The van der Waals surface area contributed by atoms with Crippen LogP contribution < -0.4 is 0 Å². The third-order valence-electron chi connectivity index (χ3n) is 4.33. The summed E-state index contributed by atoms with van der Waals surface area (Å²) in [6.45, 7) is 15.0. The van der Waals surface area contributed by atoms with Crippen molar-refractivity contribution in [3.8, 4) is 0 Å². The number of halogens is 1. The van der Waals surface area contributed by atoms with E-state index in [-0.39, 0.29) is 5.33 Å². The minimum atomic E-state index is -1.57. The van der Waals surface area contributed by atoms with Crippen molar-refractivity contribution >= 4 is 33.8 Å². The van der Waals surface area contributed by atoms with Gasteiger partial charge in [0, 0.05) is 5.33 Å². The van der Waals surface area contributed by atoms with E-state index in [1.165, 1.54) is 0 Å². The Morgan fingerprint density at radius 3 is 1.40 bits per heavy atom. The molecule has 9 heteroatoms. The fourth-order valence-electron chi connectivity index (χ4n) is 2.32. The van der Waals surface area contributed by atoms with E-state index in [1.54, 1.807) is 62.3 Å². The van der Waals surface area contributed by atoms with Crippen LogP contribution in [0.5, 0.6) is 0 Å². The Labute approximate surface area is 187 Å². The quantitative estimate of drug-likeness (QED) is 0.360. The van der Waals surface area contributed by atoms with Crippen molar-refractivity contribution in [2.45, 2.75) is 93.0 Å². The average Bonchev–Trinajstić information content (AvgIpc) is 2.56. The van der Waals surface area contributed by atoms with Crippen LogP contribution in [0, 0.1) is 16.2 Å². The van der Waals surface area contributed by atoms with Crippen LogP contribution in [0.15, 0.2) is 0 Å². The molecule has 174 valence electrons. The number of ether oxygens (including phenoxy) is 4. The van der Waals surface area contributed by atoms with Gasteiger partial charge in [0.05, 0.1) is 16.2 Å². The second-order valence-electron chi connectivity index (χ2n) is 10.6. The molecule has 1 saturated heterocycles. The predicted molar refractivity (Wildman–Crippen MR) is 113 cm³/mol. The van der Waals surface area contributed by atoms with Gasteiger partial charge in [-0.3, -0.25) is 14.4 Å². The van der Waals surface area contributed by atoms with Crippen molar-refractivity contribution in [1.82, 2.24) is 0 Å². The first kappa shape index (κ1) is 26.8. The molecule has 1 aliphatic heterocycles. The molecule has 1 heterocycles. The van der Waals surface area contributed by atoms with Crippen LogP contribution in [0.2, 0.25) is 0 Å². The van der Waals surface area contributed by atoms with Crippen LogP contribution in [0.25, 0.3) is 0 Å². The van der Waals surface area contributed by atoms with Gasteiger partial charge in [-0.25, -0.2) is 0 Å². The highest BCUT2D eigenvalue weighted by atomic mass is 79.9. The topological polar surface area (TPSA) is 108 Å². The zero-order valence-electron chi connectivity index (χ0n) is 19.3. The molecule has 8 nitrogen and oxygen atoms in total. The van der Waals surface area contributed by atoms with Gasteiger partial charge in [0.2, 0.25) is 0 Å². The molecule has 0 aromatic carbocycles. The van der Waals surface area contributed by atoms with Gasteiger partial charge in [-0.15, -0.1) is 0 Å². The summed E-state index contributed by atoms with van der Waals surface area (Å²) in [5.41, 5.74) is -2.57. The summed E-state index contributed by atoms with van der Waals surface area (Å²) < 4.78 is 22.3. The normalized spacial score (nSPS) is 27.9. The van der Waals surface area contributed by atoms with E-state index >= 15 is 0 Å². The number of aliphatic hydroxyl groups is 1. The van der Waals surface area contributed by atoms with Crippen molar-refractivity contribution in [3.63, 3.8) is 0 Å². The molecule has 0 saturated carbocycles. The van der Waals surface area contributed by atoms with Crippen LogP contribution in [0.4, 0.5) is 0 Å². The molecule has 0 bridgehead atoms. The first-order chi connectivity index (χ1) is 13.4. The molecule has 1 rings (SSSR count). The summed E-state index contributed by atoms with van der Waals surface area (Å²) in [4.78, 5) is 37.7. The molecule has 1 aliphatic rings. The van der Waals surface area contributed by atoms with Gasteiger partial charge in [-0.2, -0.15) is 0 Å². The smallest absolute Gasteiger partial charge is 0.311 e. The van der Waals surface area contributed by atoms with E-state index in [0.29, 0.717) is 0 Å². The van der Waals surface area contributed by atoms with Crippen molar-refractivity contribution in [3.05, 3.63) is 0 Å². The molecule has 1 N–H and O–H groups in total. The Hall–Kier alpha value is -1.19. The summed E-state index contributed by atoms with van der Waals surface area (Å²) >= 11 is 3.28. The lowest BCUT2D eigenvalue weighted by Crippen LogP contribution is -2.63. The number of rotatable bonds is 4. The highest BCUT2D eigenvalue weighted by Gasteiger charge is 2.53. The fraction of sp³-hybridized carbons (Fsp3) is 0.857. The minimum absolute atomic E-state index is 0.190. The first-order valence-electron chi connectivity index (χ1n) is 9.92. The third-order valence-corrected chi connectivity index (χ3v) is 4.97. The largest absolute Gasteiger partial charge is 0.455 e. The number of hydrogen-bond acceptors (Lipinski definition) is 8. The average molecular weight is 495 g/mol. The van der Waals surface area contributed by atoms with Gasteiger partial charge < -0.3 is 24.1 Å². The summed E-state index contributed by atoms with van der Waals surface area (Å²) in [5.74, 6) is -1.76. The number of alkyl halides is 1. The lowest BCUT2D eigenvalue weighted by atomic mass is 9.93. The Morgan fingerprint density at radius 2 is 1.07 bits per heavy atom. The second kappa shape index (κ2) is 9.53. The van der Waals surface area contributed by atoms with Gasteiger partial charge in [0.1, 0.15) is 6.10 Å². The van der Waals surface area contributed by atoms with Gasteiger partial charge in [0.25, 0.3) is 0 Å². The van der Waals surface area contributed by atoms with Crippen molar-refractivity contribution < 1.29 is 38.4 Å². The molecule has 0 aliphatic carbocycles. The standard InChI is InChI=1S/C21H35BrO8/c1-19(2,3)16(24)28-12-11(10-22)27-15(23)14(30-18(26)21(7,8)9)13(12)29-17(25)20(4,5)6/h11-15,23H,10H2,1-9H3/t11-,12-,13+,14-,15+/m1/s1. The van der Waals surface area contributed by atoms with Crippen LogP contribution in [0.1, 0.15) is 62.3 Å². The summed E-state index contributed by atoms with van der Waals surface area (Å²) in [6.07, 6.45) is -6.10. The van der Waals surface area contributed by atoms with Crippen LogP contribution in [-0.4, -0.2) is 59.1 Å². The fourth-order valence-corrected chi connectivity index (χ4v) is 2.84. The minimum Gasteiger partial charge on any atom is -0.455 e. The number of aliphatic hydroxyl groups excluding tert-OH is 1. The molecule has 0 aromatic rings. The Bertz CT molecular complexity index is 641. The molecule has 5 atom stereocenters. The van der Waals surface area contributed by atoms with Gasteiger partial charge in [-0.05, 0) is 62.3 Å². The third kappa shape index (κ3) is 6.92. The SMILES string of the molecule is CC(C)(C)C(=O)O[C@@H]1[C@@H](OC(=O)C(C)(C)C)[C@@H](O)O[C@H](CBr)[C@H]1OC(=O)C(C)(C)C. The summed E-state index contributed by atoms with van der Waals surface area (Å²) in [6, 6.07) is 0. The molecule has 0 unspecified atom stereocenters. The molecule has 0 aromatic heterocycles. The lowest BCUT2D eigenvalue weighted by Gasteiger charge is -2.44. The predicted octanol–water partition coefficient (Wildman–Crippen LogP) is 2.97. The lowest BCUT2D eigenvalue weighted by molar-refractivity contribution is -0.291. The zero-order valence-corrected chi connectivity index (χ0v) is 20.9. The van der Waals surface area contributed by atoms with Gasteiger partial charge in [-0.1, -0.05) is 15.9 Å². The van der Waals surface area contributed by atoms with Crippen LogP contribution in [-0.2, 0) is 33.3 Å². The summed E-state index contributed by atoms with van der Waals surface area (Å²) in [7, 11) is 0. The number of hydrogen-bond donors (Lipinski definition) is 1. The maximum absolute atomic E-state index is 12.7. The number of esters is 3. The molecule has 0 radical (unpaired) electrons. The Kier molecular flexibility index (Phi) is 8.52. The molecule has 0 spiro atoms. The van der Waals surface area contributed by atoms with Crippen LogP contribution in [0.3, 0.4) is 0 Å². The highest BCUT2D eigenvalue weighted by molar-refractivity contribution is 9.09. The van der Waals surface area contributed by atoms with Crippen molar-refractivity contribution in [2.75, 3.05) is 5.33 Å². The number of carbonyl (C=O) groups excluding carboxylic acids is 3. The van der Waals surface area contributed by atoms with Crippen molar-refractivity contribution in [1.29, 1.82) is 0 Å². The van der Waals surface area contributed by atoms with E-state index in [9.17, 15) is 19.5 Å². The Morgan fingerprint density at radius 1 is 0.733 bits per heavy atom. The van der Waals surface area contributed by atoms with E-state index in [4.69, 9.17) is 18.9 Å². The molecular weight excluding hydrogens is 460 g/mol. The molecular formula is C21H35BrO8. The summed E-state index contributed by atoms with van der Waals surface area (Å²) in [5, 5.41) is 10.7. The first-order valence-corrected chi connectivity index (χ1v) is 11.0. The van der Waals surface area contributed by atoms with E-state index in [0.717, 1.165) is 0 Å². The Balaban J connectivity index is 3.37. The van der Waals surface area contributed by atoms with Crippen LogP contribution >= 0.6 is 15.9 Å². The van der Waals surface area contributed by atoms with Crippen molar-refractivity contribution in [2.24, 2.45) is 16.2 Å². The van der Waals surface area contributed by atoms with E-state index in [2.05, 4.69) is 15.9 Å². The van der Waals surface area contributed by atoms with E-state index < -0.39 is 64.9 Å². The maximum atomic E-state index is 12.7. The van der Waals surface area contributed by atoms with Gasteiger partial charge in [0.15, 0.2) is 24.6 Å². The van der Waals surface area contributed by atoms with Gasteiger partial charge >= 0.3 is 17.9 Å². The monoisotopic (exact) mass is 494 g/mol. The molecule has 30 heavy (non-hydrogen) atoms. The zero-order chi connectivity index (χ0) is 23.7. The van der Waals surface area contributed by atoms with E-state index in [1.807, 2.05) is 0 Å².